The van der Waals surface area contributed by atoms with Gasteiger partial charge in [-0.1, -0.05) is 11.6 Å². The van der Waals surface area contributed by atoms with Crippen molar-refractivity contribution in [2.24, 2.45) is 7.05 Å². The molecule has 0 radical (unpaired) electrons. The first kappa shape index (κ1) is 18.7. The van der Waals surface area contributed by atoms with Gasteiger partial charge in [0, 0.05) is 18.7 Å². The van der Waals surface area contributed by atoms with Gasteiger partial charge in [-0.05, 0) is 12.1 Å². The first-order chi connectivity index (χ1) is 11.5. The summed E-state index contributed by atoms with van der Waals surface area (Å²) in [5.41, 5.74) is -3.53. The maximum absolute atomic E-state index is 14.1. The number of methoxy groups -OCH3 is 1. The molecule has 0 aliphatic heterocycles. The van der Waals surface area contributed by atoms with Gasteiger partial charge in [-0.3, -0.25) is 14.8 Å². The van der Waals surface area contributed by atoms with Crippen molar-refractivity contribution in [1.29, 1.82) is 0 Å². The topological polar surface area (TPSA) is 73.2 Å². The van der Waals surface area contributed by atoms with Gasteiger partial charge < -0.3 is 4.74 Å². The highest BCUT2D eigenvalue weighted by atomic mass is 35.5. The molecule has 0 saturated heterocycles. The van der Waals surface area contributed by atoms with Crippen LogP contribution in [0.25, 0.3) is 11.3 Å². The summed E-state index contributed by atoms with van der Waals surface area (Å²) >= 11 is 5.78. The Labute approximate surface area is 143 Å². The maximum atomic E-state index is 14.1. The number of hydrogen-bond donors (Lipinski definition) is 1. The van der Waals surface area contributed by atoms with E-state index in [1.165, 1.54) is 0 Å². The van der Waals surface area contributed by atoms with Gasteiger partial charge >= 0.3 is 12.3 Å². The van der Waals surface area contributed by atoms with Gasteiger partial charge in [0.25, 0.3) is 0 Å². The molecule has 0 aliphatic rings. The number of benzene rings is 1. The molecular formula is C14H10ClF4N3O3. The Morgan fingerprint density at radius 3 is 2.52 bits per heavy atom. The highest BCUT2D eigenvalue weighted by Crippen LogP contribution is 2.31. The number of hydrogen-bond acceptors (Lipinski definition) is 4. The average Bonchev–Trinajstić information content (AvgIpc) is 2.50. The van der Waals surface area contributed by atoms with E-state index < -0.39 is 40.5 Å². The zero-order valence-electron chi connectivity index (χ0n) is 12.7. The molecule has 1 aromatic carbocycles. The molecule has 2 aromatic rings. The Kier molecular flexibility index (Phi) is 5.02. The van der Waals surface area contributed by atoms with E-state index in [2.05, 4.69) is 15.2 Å². The van der Waals surface area contributed by atoms with Gasteiger partial charge in [0.1, 0.15) is 17.2 Å². The molecule has 11 heteroatoms. The van der Waals surface area contributed by atoms with E-state index in [4.69, 9.17) is 11.6 Å². The van der Waals surface area contributed by atoms with Gasteiger partial charge in [-0.15, -0.1) is 0 Å². The Balaban J connectivity index is 2.62. The van der Waals surface area contributed by atoms with Crippen molar-refractivity contribution >= 4 is 23.4 Å². The minimum absolute atomic E-state index is 0.103. The van der Waals surface area contributed by atoms with Crippen molar-refractivity contribution in [3.63, 3.8) is 0 Å². The van der Waals surface area contributed by atoms with E-state index in [-0.39, 0.29) is 10.7 Å². The monoisotopic (exact) mass is 379 g/mol. The second-order valence-corrected chi connectivity index (χ2v) is 5.20. The van der Waals surface area contributed by atoms with Crippen LogP contribution in [0.4, 0.5) is 28.0 Å². The van der Waals surface area contributed by atoms with Crippen molar-refractivity contribution in [1.82, 2.24) is 9.78 Å². The fourth-order valence-corrected chi connectivity index (χ4v) is 2.18. The van der Waals surface area contributed by atoms with Crippen LogP contribution < -0.4 is 10.7 Å². The number of carbonyl (C=O) groups is 1. The molecule has 134 valence electrons. The molecule has 25 heavy (non-hydrogen) atoms. The zero-order chi connectivity index (χ0) is 18.9. The number of halogens is 5. The van der Waals surface area contributed by atoms with E-state index in [1.54, 1.807) is 0 Å². The van der Waals surface area contributed by atoms with Crippen LogP contribution in [0.2, 0.25) is 5.02 Å². The van der Waals surface area contributed by atoms with E-state index in [9.17, 15) is 27.2 Å². The van der Waals surface area contributed by atoms with Crippen LogP contribution in [0.1, 0.15) is 5.69 Å². The summed E-state index contributed by atoms with van der Waals surface area (Å²) < 4.78 is 57.3. The van der Waals surface area contributed by atoms with Gasteiger partial charge in [0.2, 0.25) is 5.43 Å². The summed E-state index contributed by atoms with van der Waals surface area (Å²) in [6.45, 7) is 0. The Bertz CT molecular complexity index is 896. The molecule has 1 heterocycles. The second-order valence-electron chi connectivity index (χ2n) is 4.79. The Hall–Kier alpha value is -2.62. The fraction of sp³-hybridized carbons (Fsp3) is 0.214. The number of nitrogens with one attached hydrogen (secondary N) is 1. The number of ether oxygens (including phenoxy) is 1. The fourth-order valence-electron chi connectivity index (χ4n) is 1.98. The molecule has 0 unspecified atom stereocenters. The molecule has 1 amide bonds. The molecule has 0 fully saturated rings. The lowest BCUT2D eigenvalue weighted by Crippen LogP contribution is -2.23. The maximum Gasteiger partial charge on any atom is 0.433 e. The molecule has 6 nitrogen and oxygen atoms in total. The molecule has 0 saturated carbocycles. The van der Waals surface area contributed by atoms with Crippen LogP contribution in [-0.4, -0.2) is 23.0 Å². The summed E-state index contributed by atoms with van der Waals surface area (Å²) in [5, 5.41) is 5.49. The predicted octanol–water partition coefficient (Wildman–Crippen LogP) is 3.44. The second kappa shape index (κ2) is 6.71. The smallest absolute Gasteiger partial charge is 0.433 e. The number of rotatable bonds is 2. The number of amides is 1. The van der Waals surface area contributed by atoms with Crippen LogP contribution in [0.3, 0.4) is 0 Å². The standard InChI is InChI=1S/C14H10ClF4N3O3/c1-22-11(14(17,18)19)5-10(23)12(21-22)6-3-9(20-13(24)25-2)7(15)4-8(6)16/h3-5H,1-2H3,(H,20,24). The molecule has 0 aliphatic carbocycles. The number of nitrogens with zero attached hydrogens (tertiary/aromatic N) is 2. The van der Waals surface area contributed by atoms with Gasteiger partial charge in [0.05, 0.1) is 17.8 Å². The van der Waals surface area contributed by atoms with Gasteiger partial charge in [0.15, 0.2) is 0 Å². The molecule has 1 aromatic heterocycles. The van der Waals surface area contributed by atoms with Crippen LogP contribution >= 0.6 is 11.6 Å². The third-order valence-electron chi connectivity index (χ3n) is 3.12. The van der Waals surface area contributed by atoms with Crippen molar-refractivity contribution in [2.75, 3.05) is 12.4 Å². The minimum atomic E-state index is -4.80. The molecule has 0 atom stereocenters. The van der Waals surface area contributed by atoms with Crippen molar-refractivity contribution in [2.45, 2.75) is 6.18 Å². The summed E-state index contributed by atoms with van der Waals surface area (Å²) in [7, 11) is 2.05. The van der Waals surface area contributed by atoms with E-state index in [1.807, 2.05) is 0 Å². The quantitative estimate of drug-likeness (QED) is 0.811. The number of carbonyl (C=O) groups excluding carboxylic acids is 1. The third kappa shape index (κ3) is 3.90. The summed E-state index contributed by atoms with van der Waals surface area (Å²) in [6.07, 6.45) is -5.71. The first-order valence-corrected chi connectivity index (χ1v) is 6.92. The number of aryl methyl sites for hydroxylation is 1. The highest BCUT2D eigenvalue weighted by Gasteiger charge is 2.34. The summed E-state index contributed by atoms with van der Waals surface area (Å²) in [5.74, 6) is -0.996. The van der Waals surface area contributed by atoms with Crippen LogP contribution in [0.15, 0.2) is 23.0 Å². The van der Waals surface area contributed by atoms with E-state index in [0.717, 1.165) is 26.3 Å². The van der Waals surface area contributed by atoms with E-state index >= 15 is 0 Å². The number of alkyl halides is 3. The average molecular weight is 380 g/mol. The molecule has 2 rings (SSSR count). The van der Waals surface area contributed by atoms with Crippen LogP contribution in [-0.2, 0) is 18.0 Å². The molecule has 0 bridgehead atoms. The van der Waals surface area contributed by atoms with Gasteiger partial charge in [-0.25, -0.2) is 9.18 Å². The molecule has 1 N–H and O–H groups in total. The Morgan fingerprint density at radius 2 is 1.96 bits per heavy atom. The van der Waals surface area contributed by atoms with Crippen molar-refractivity contribution in [3.05, 3.63) is 45.0 Å². The van der Waals surface area contributed by atoms with Crippen LogP contribution in [0, 0.1) is 5.82 Å². The van der Waals surface area contributed by atoms with Gasteiger partial charge in [-0.2, -0.15) is 18.3 Å². The minimum Gasteiger partial charge on any atom is -0.453 e. The van der Waals surface area contributed by atoms with Crippen molar-refractivity contribution in [3.8, 4) is 11.3 Å². The molecule has 0 spiro atoms. The Morgan fingerprint density at radius 1 is 1.32 bits per heavy atom. The SMILES string of the molecule is COC(=O)Nc1cc(-c2nn(C)c(C(F)(F)F)cc2=O)c(F)cc1Cl. The largest absolute Gasteiger partial charge is 0.453 e. The lowest BCUT2D eigenvalue weighted by molar-refractivity contribution is -0.144. The van der Waals surface area contributed by atoms with Crippen LogP contribution in [0.5, 0.6) is 0 Å². The first-order valence-electron chi connectivity index (χ1n) is 6.54. The predicted molar refractivity (Wildman–Crippen MR) is 80.9 cm³/mol. The molecular weight excluding hydrogens is 370 g/mol. The third-order valence-corrected chi connectivity index (χ3v) is 3.44. The highest BCUT2D eigenvalue weighted by molar-refractivity contribution is 6.33. The normalized spacial score (nSPS) is 11.3. The lowest BCUT2D eigenvalue weighted by atomic mass is 10.1. The summed E-state index contributed by atoms with van der Waals surface area (Å²) in [4.78, 5) is 23.2. The lowest BCUT2D eigenvalue weighted by Gasteiger charge is -2.13. The number of anilines is 1. The number of aromatic nitrogens is 2. The van der Waals surface area contributed by atoms with Crippen molar-refractivity contribution < 1.29 is 27.1 Å². The zero-order valence-corrected chi connectivity index (χ0v) is 13.5. The van der Waals surface area contributed by atoms with E-state index in [0.29, 0.717) is 10.7 Å². The summed E-state index contributed by atoms with van der Waals surface area (Å²) in [6, 6.07) is 2.08.